The van der Waals surface area contributed by atoms with Gasteiger partial charge in [0.15, 0.2) is 0 Å². The average Bonchev–Trinajstić information content (AvgIpc) is 2.65. The zero-order chi connectivity index (χ0) is 18.7. The monoisotopic (exact) mass is 352 g/mol. The molecule has 136 valence electrons. The predicted molar refractivity (Wildman–Crippen MR) is 99.7 cm³/mol. The molecule has 2 aromatic rings. The number of aromatic nitrogens is 1. The zero-order valence-electron chi connectivity index (χ0n) is 15.2. The van der Waals surface area contributed by atoms with E-state index in [9.17, 15) is 9.59 Å². The lowest BCUT2D eigenvalue weighted by atomic mass is 9.94. The summed E-state index contributed by atoms with van der Waals surface area (Å²) in [4.78, 5) is 29.8. The number of fused-ring (bicyclic) bond motifs is 1. The van der Waals surface area contributed by atoms with Crippen molar-refractivity contribution in [3.05, 3.63) is 65.0 Å². The smallest absolute Gasteiger partial charge is 0.269 e. The van der Waals surface area contributed by atoms with E-state index in [0.717, 1.165) is 19.5 Å². The Kier molecular flexibility index (Phi) is 5.04. The minimum absolute atomic E-state index is 0.184. The van der Waals surface area contributed by atoms with Crippen molar-refractivity contribution < 1.29 is 9.59 Å². The van der Waals surface area contributed by atoms with Gasteiger partial charge in [0.05, 0.1) is 5.56 Å². The highest BCUT2D eigenvalue weighted by molar-refractivity contribution is 5.95. The van der Waals surface area contributed by atoms with E-state index >= 15 is 0 Å². The second kappa shape index (κ2) is 7.25. The Morgan fingerprint density at radius 1 is 1.19 bits per heavy atom. The van der Waals surface area contributed by atoms with Gasteiger partial charge in [-0.25, -0.2) is 0 Å². The second-order valence-electron chi connectivity index (χ2n) is 7.23. The molecule has 26 heavy (non-hydrogen) atoms. The largest absolute Gasteiger partial charge is 0.366 e. The normalized spacial score (nSPS) is 14.5. The number of benzene rings is 1. The third-order valence-electron chi connectivity index (χ3n) is 4.95. The van der Waals surface area contributed by atoms with Gasteiger partial charge in [-0.3, -0.25) is 19.5 Å². The summed E-state index contributed by atoms with van der Waals surface area (Å²) in [5, 5.41) is 2.95. The second-order valence-corrected chi connectivity index (χ2v) is 7.23. The first kappa shape index (κ1) is 18.1. The van der Waals surface area contributed by atoms with Gasteiger partial charge in [-0.2, -0.15) is 0 Å². The van der Waals surface area contributed by atoms with Gasteiger partial charge >= 0.3 is 0 Å². The summed E-state index contributed by atoms with van der Waals surface area (Å²) in [7, 11) is 0. The van der Waals surface area contributed by atoms with Crippen LogP contribution in [0.15, 0.2) is 42.6 Å². The molecule has 2 amide bonds. The fraction of sp³-hybridized carbons (Fsp3) is 0.350. The first-order valence-electron chi connectivity index (χ1n) is 8.73. The molecule has 0 saturated heterocycles. The first-order chi connectivity index (χ1) is 12.4. The summed E-state index contributed by atoms with van der Waals surface area (Å²) < 4.78 is 0. The lowest BCUT2D eigenvalue weighted by Gasteiger charge is -2.41. The molecule has 1 aromatic carbocycles. The zero-order valence-corrected chi connectivity index (χ0v) is 15.2. The minimum Gasteiger partial charge on any atom is -0.366 e. The third-order valence-corrected chi connectivity index (χ3v) is 4.95. The molecule has 6 heteroatoms. The maximum absolute atomic E-state index is 12.3. The van der Waals surface area contributed by atoms with E-state index in [1.165, 1.54) is 29.5 Å². The quantitative estimate of drug-likeness (QED) is 0.858. The molecule has 6 nitrogen and oxygen atoms in total. The van der Waals surface area contributed by atoms with E-state index in [-0.39, 0.29) is 22.7 Å². The Bertz CT molecular complexity index is 815. The topological polar surface area (TPSA) is 88.3 Å². The van der Waals surface area contributed by atoms with Crippen LogP contribution in [0.1, 0.15) is 45.8 Å². The fourth-order valence-corrected chi connectivity index (χ4v) is 3.19. The number of primary amides is 1. The van der Waals surface area contributed by atoms with Crippen molar-refractivity contribution in [1.82, 2.24) is 15.2 Å². The van der Waals surface area contributed by atoms with Gasteiger partial charge in [-0.1, -0.05) is 24.3 Å². The van der Waals surface area contributed by atoms with E-state index in [2.05, 4.69) is 53.3 Å². The number of hydrogen-bond donors (Lipinski definition) is 2. The molecule has 0 bridgehead atoms. The lowest BCUT2D eigenvalue weighted by Crippen LogP contribution is -2.53. The summed E-state index contributed by atoms with van der Waals surface area (Å²) in [5.74, 6) is -0.817. The van der Waals surface area contributed by atoms with Crippen molar-refractivity contribution in [1.29, 1.82) is 0 Å². The number of pyridine rings is 1. The van der Waals surface area contributed by atoms with E-state index in [1.807, 2.05) is 0 Å². The Hall–Kier alpha value is -2.73. The van der Waals surface area contributed by atoms with Crippen LogP contribution < -0.4 is 11.1 Å². The van der Waals surface area contributed by atoms with E-state index < -0.39 is 5.91 Å². The maximum Gasteiger partial charge on any atom is 0.269 e. The van der Waals surface area contributed by atoms with Crippen LogP contribution in [-0.4, -0.2) is 40.3 Å². The van der Waals surface area contributed by atoms with Crippen LogP contribution in [0.3, 0.4) is 0 Å². The predicted octanol–water partition coefficient (Wildman–Crippen LogP) is 1.75. The molecule has 2 heterocycles. The van der Waals surface area contributed by atoms with Crippen LogP contribution in [0.25, 0.3) is 0 Å². The Morgan fingerprint density at radius 2 is 1.92 bits per heavy atom. The number of amides is 2. The summed E-state index contributed by atoms with van der Waals surface area (Å²) in [5.41, 5.74) is 8.32. The number of nitrogens with one attached hydrogen (secondary N) is 1. The number of rotatable bonds is 5. The van der Waals surface area contributed by atoms with E-state index in [1.54, 1.807) is 0 Å². The van der Waals surface area contributed by atoms with Crippen molar-refractivity contribution in [2.24, 2.45) is 5.73 Å². The van der Waals surface area contributed by atoms with Crippen LogP contribution in [0, 0.1) is 0 Å². The highest BCUT2D eigenvalue weighted by Crippen LogP contribution is 2.24. The SMILES string of the molecule is CC(C)(CNC(=O)c1ccc(C(N)=O)cn1)N1CCc2ccccc2C1. The summed E-state index contributed by atoms with van der Waals surface area (Å²) in [6.45, 7) is 6.61. The number of carbonyl (C=O) groups is 2. The van der Waals surface area contributed by atoms with Gasteiger partial charge < -0.3 is 11.1 Å². The van der Waals surface area contributed by atoms with Crippen molar-refractivity contribution in [3.8, 4) is 0 Å². The molecule has 0 radical (unpaired) electrons. The van der Waals surface area contributed by atoms with E-state index in [4.69, 9.17) is 5.73 Å². The van der Waals surface area contributed by atoms with Gasteiger partial charge in [0.1, 0.15) is 5.69 Å². The molecule has 0 unspecified atom stereocenters. The molecule has 1 aliphatic heterocycles. The molecule has 0 fully saturated rings. The van der Waals surface area contributed by atoms with Gasteiger partial charge in [0, 0.05) is 31.4 Å². The summed E-state index contributed by atoms with van der Waals surface area (Å²) >= 11 is 0. The Labute approximate surface area is 153 Å². The highest BCUT2D eigenvalue weighted by Gasteiger charge is 2.30. The average molecular weight is 352 g/mol. The number of nitrogens with two attached hydrogens (primary N) is 1. The molecule has 3 rings (SSSR count). The molecule has 0 atom stereocenters. The van der Waals surface area contributed by atoms with Crippen molar-refractivity contribution in [2.45, 2.75) is 32.4 Å². The van der Waals surface area contributed by atoms with Crippen LogP contribution in [0.4, 0.5) is 0 Å². The van der Waals surface area contributed by atoms with Crippen LogP contribution >= 0.6 is 0 Å². The van der Waals surface area contributed by atoms with Crippen molar-refractivity contribution >= 4 is 11.8 Å². The van der Waals surface area contributed by atoms with Gasteiger partial charge in [-0.05, 0) is 43.5 Å². The van der Waals surface area contributed by atoms with E-state index in [0.29, 0.717) is 6.54 Å². The van der Waals surface area contributed by atoms with Crippen molar-refractivity contribution in [2.75, 3.05) is 13.1 Å². The molecule has 0 saturated carbocycles. The van der Waals surface area contributed by atoms with Crippen molar-refractivity contribution in [3.63, 3.8) is 0 Å². The lowest BCUT2D eigenvalue weighted by molar-refractivity contribution is 0.0822. The molecule has 1 aliphatic rings. The van der Waals surface area contributed by atoms with Crippen LogP contribution in [-0.2, 0) is 13.0 Å². The third kappa shape index (κ3) is 3.91. The van der Waals surface area contributed by atoms with Crippen LogP contribution in [0.2, 0.25) is 0 Å². The van der Waals surface area contributed by atoms with Gasteiger partial charge in [0.25, 0.3) is 5.91 Å². The number of carbonyl (C=O) groups excluding carboxylic acids is 2. The highest BCUT2D eigenvalue weighted by atomic mass is 16.2. The molecule has 1 aromatic heterocycles. The van der Waals surface area contributed by atoms with Gasteiger partial charge in [-0.15, -0.1) is 0 Å². The van der Waals surface area contributed by atoms with Gasteiger partial charge in [0.2, 0.25) is 5.91 Å². The summed E-state index contributed by atoms with van der Waals surface area (Å²) in [6, 6.07) is 11.5. The first-order valence-corrected chi connectivity index (χ1v) is 8.73. The molecular weight excluding hydrogens is 328 g/mol. The summed E-state index contributed by atoms with van der Waals surface area (Å²) in [6.07, 6.45) is 2.34. The standard InChI is InChI=1S/C20H24N4O2/c1-20(2,24-10-9-14-5-3-4-6-16(14)12-24)13-23-19(26)17-8-7-15(11-22-17)18(21)25/h3-8,11H,9-10,12-13H2,1-2H3,(H2,21,25)(H,23,26). The maximum atomic E-state index is 12.3. The molecular formula is C20H24N4O2. The van der Waals surface area contributed by atoms with Crippen LogP contribution in [0.5, 0.6) is 0 Å². The fourth-order valence-electron chi connectivity index (χ4n) is 3.19. The number of hydrogen-bond acceptors (Lipinski definition) is 4. The minimum atomic E-state index is -0.559. The number of nitrogens with zero attached hydrogens (tertiary/aromatic N) is 2. The molecule has 0 spiro atoms. The molecule has 0 aliphatic carbocycles. The molecule has 3 N–H and O–H groups in total. The Morgan fingerprint density at radius 3 is 2.58 bits per heavy atom. The Balaban J connectivity index is 1.61.